The average molecular weight is 314 g/mol. The molecule has 2 aliphatic rings. The summed E-state index contributed by atoms with van der Waals surface area (Å²) in [6, 6.07) is 4.12. The second kappa shape index (κ2) is 4.56. The van der Waals surface area contributed by atoms with Crippen LogP contribution in [0, 0.1) is 12.3 Å². The Labute approximate surface area is 133 Å². The third-order valence-electron chi connectivity index (χ3n) is 4.50. The van der Waals surface area contributed by atoms with Gasteiger partial charge in [0.2, 0.25) is 5.88 Å². The molecule has 1 atom stereocenters. The first-order valence-corrected chi connectivity index (χ1v) is 8.37. The minimum absolute atomic E-state index is 0.0184. The van der Waals surface area contributed by atoms with Crippen LogP contribution in [0.1, 0.15) is 48.7 Å². The van der Waals surface area contributed by atoms with E-state index in [1.807, 2.05) is 13.0 Å². The molecule has 0 radical (unpaired) electrons. The number of allylic oxidation sites excluding steroid dienone is 2. The molecular formula is C17H18N2O2S. The lowest BCUT2D eigenvalue weighted by molar-refractivity contribution is -0.118. The van der Waals surface area contributed by atoms with E-state index in [1.54, 1.807) is 11.3 Å². The molecule has 1 N–H and O–H groups in total. The minimum atomic E-state index is -0.0406. The summed E-state index contributed by atoms with van der Waals surface area (Å²) >= 11 is 1.68. The number of carbonyl (C=O) groups excluding carboxylic acids is 1. The van der Waals surface area contributed by atoms with Gasteiger partial charge in [0.1, 0.15) is 0 Å². The van der Waals surface area contributed by atoms with Crippen LogP contribution in [0.2, 0.25) is 0 Å². The summed E-state index contributed by atoms with van der Waals surface area (Å²) in [6.07, 6.45) is 1.45. The monoisotopic (exact) mass is 314 g/mol. The molecule has 0 saturated heterocycles. The van der Waals surface area contributed by atoms with E-state index in [4.69, 9.17) is 4.52 Å². The van der Waals surface area contributed by atoms with Crippen molar-refractivity contribution in [1.29, 1.82) is 0 Å². The number of hydrogen-bond acceptors (Lipinski definition) is 5. The number of anilines is 1. The van der Waals surface area contributed by atoms with Gasteiger partial charge in [-0.15, -0.1) is 11.3 Å². The Bertz CT molecular complexity index is 784. The highest BCUT2D eigenvalue weighted by Crippen LogP contribution is 2.50. The predicted octanol–water partition coefficient (Wildman–Crippen LogP) is 4.25. The van der Waals surface area contributed by atoms with Crippen LogP contribution < -0.4 is 5.32 Å². The maximum absolute atomic E-state index is 12.8. The lowest BCUT2D eigenvalue weighted by Crippen LogP contribution is -2.33. The van der Waals surface area contributed by atoms with E-state index in [-0.39, 0.29) is 17.1 Å². The number of Topliss-reactive ketones (excluding diaryl/α,β-unsaturated/α-hetero) is 1. The van der Waals surface area contributed by atoms with Gasteiger partial charge in [0.15, 0.2) is 5.78 Å². The summed E-state index contributed by atoms with van der Waals surface area (Å²) in [4.78, 5) is 14.0. The van der Waals surface area contributed by atoms with Crippen LogP contribution >= 0.6 is 11.3 Å². The van der Waals surface area contributed by atoms with Crippen LogP contribution in [-0.4, -0.2) is 10.9 Å². The predicted molar refractivity (Wildman–Crippen MR) is 86.1 cm³/mol. The lowest BCUT2D eigenvalue weighted by Gasteiger charge is -2.37. The van der Waals surface area contributed by atoms with Crippen molar-refractivity contribution < 1.29 is 9.32 Å². The van der Waals surface area contributed by atoms with Crippen molar-refractivity contribution in [2.24, 2.45) is 5.41 Å². The number of carbonyl (C=O) groups is 1. The van der Waals surface area contributed by atoms with Crippen molar-refractivity contribution in [3.8, 4) is 0 Å². The van der Waals surface area contributed by atoms with Gasteiger partial charge in [0.25, 0.3) is 0 Å². The molecule has 0 fully saturated rings. The second-order valence-electron chi connectivity index (χ2n) is 6.92. The zero-order valence-electron chi connectivity index (χ0n) is 12.9. The largest absolute Gasteiger partial charge is 0.338 e. The Morgan fingerprint density at radius 3 is 2.95 bits per heavy atom. The standard InChI is InChI=1S/C17H18N2O2S/c1-9-13-15(12-5-4-6-22-12)14-10(18-16(13)21-19-9)7-17(2,3)8-11(14)20/h4-6,15,18H,7-8H2,1-3H3. The fourth-order valence-electron chi connectivity index (χ4n) is 3.61. The van der Waals surface area contributed by atoms with Crippen molar-refractivity contribution in [1.82, 2.24) is 5.16 Å². The topological polar surface area (TPSA) is 55.1 Å². The highest BCUT2D eigenvalue weighted by Gasteiger charge is 2.43. The highest BCUT2D eigenvalue weighted by molar-refractivity contribution is 7.10. The summed E-state index contributed by atoms with van der Waals surface area (Å²) in [5, 5.41) is 9.49. The second-order valence-corrected chi connectivity index (χ2v) is 7.90. The number of aryl methyl sites for hydroxylation is 1. The SMILES string of the molecule is Cc1noc2c1C(c1cccs1)C1=C(CC(C)(C)CC1=O)N2. The molecule has 3 heterocycles. The molecule has 22 heavy (non-hydrogen) atoms. The number of nitrogens with one attached hydrogen (secondary N) is 1. The third-order valence-corrected chi connectivity index (χ3v) is 5.43. The van der Waals surface area contributed by atoms with E-state index in [1.165, 1.54) is 4.88 Å². The lowest BCUT2D eigenvalue weighted by atomic mass is 9.70. The Kier molecular flexibility index (Phi) is 2.85. The first-order valence-electron chi connectivity index (χ1n) is 7.49. The summed E-state index contributed by atoms with van der Waals surface area (Å²) in [5.74, 6) is 0.893. The Balaban J connectivity index is 1.94. The molecule has 0 aromatic carbocycles. The molecule has 4 rings (SSSR count). The quantitative estimate of drug-likeness (QED) is 0.855. The molecule has 114 valence electrons. The number of fused-ring (bicyclic) bond motifs is 1. The Morgan fingerprint density at radius 2 is 2.23 bits per heavy atom. The molecular weight excluding hydrogens is 296 g/mol. The van der Waals surface area contributed by atoms with Crippen LogP contribution in [0.4, 0.5) is 5.88 Å². The summed E-state index contributed by atoms with van der Waals surface area (Å²) in [6.45, 7) is 6.21. The maximum atomic E-state index is 12.8. The molecule has 1 aliphatic carbocycles. The van der Waals surface area contributed by atoms with Crippen LogP contribution in [0.25, 0.3) is 0 Å². The van der Waals surface area contributed by atoms with Gasteiger partial charge in [0.05, 0.1) is 17.2 Å². The first-order chi connectivity index (χ1) is 10.5. The molecule has 4 nitrogen and oxygen atoms in total. The van der Waals surface area contributed by atoms with E-state index in [0.29, 0.717) is 12.3 Å². The van der Waals surface area contributed by atoms with E-state index in [2.05, 4.69) is 35.8 Å². The average Bonchev–Trinajstić information content (AvgIpc) is 3.05. The molecule has 0 saturated carbocycles. The van der Waals surface area contributed by atoms with Gasteiger partial charge in [-0.1, -0.05) is 25.1 Å². The van der Waals surface area contributed by atoms with E-state index < -0.39 is 0 Å². The number of aromatic nitrogens is 1. The summed E-state index contributed by atoms with van der Waals surface area (Å²) in [5.41, 5.74) is 3.75. The van der Waals surface area contributed by atoms with E-state index in [0.717, 1.165) is 28.9 Å². The Hall–Kier alpha value is -1.88. The van der Waals surface area contributed by atoms with Crippen molar-refractivity contribution >= 4 is 23.0 Å². The summed E-state index contributed by atoms with van der Waals surface area (Å²) in [7, 11) is 0. The van der Waals surface area contributed by atoms with Gasteiger partial charge in [0, 0.05) is 22.6 Å². The molecule has 5 heteroatoms. The number of thiophene rings is 1. The van der Waals surface area contributed by atoms with Crippen LogP contribution in [0.3, 0.4) is 0 Å². The van der Waals surface area contributed by atoms with E-state index >= 15 is 0 Å². The normalized spacial score (nSPS) is 23.0. The molecule has 0 bridgehead atoms. The van der Waals surface area contributed by atoms with Crippen LogP contribution in [0.15, 0.2) is 33.3 Å². The van der Waals surface area contributed by atoms with Gasteiger partial charge in [-0.05, 0) is 30.2 Å². The molecule has 0 spiro atoms. The van der Waals surface area contributed by atoms with Gasteiger partial charge in [-0.25, -0.2) is 0 Å². The van der Waals surface area contributed by atoms with Crippen LogP contribution in [0.5, 0.6) is 0 Å². The zero-order valence-corrected chi connectivity index (χ0v) is 13.7. The number of ketones is 1. The third kappa shape index (κ3) is 1.96. The van der Waals surface area contributed by atoms with Crippen molar-refractivity contribution in [3.05, 3.63) is 44.9 Å². The molecule has 1 aliphatic heterocycles. The van der Waals surface area contributed by atoms with Gasteiger partial charge >= 0.3 is 0 Å². The molecule has 2 aromatic rings. The number of rotatable bonds is 1. The zero-order chi connectivity index (χ0) is 15.5. The van der Waals surface area contributed by atoms with E-state index in [9.17, 15) is 4.79 Å². The van der Waals surface area contributed by atoms with Gasteiger partial charge in [-0.2, -0.15) is 0 Å². The highest BCUT2D eigenvalue weighted by atomic mass is 32.1. The van der Waals surface area contributed by atoms with Gasteiger partial charge < -0.3 is 9.84 Å². The first kappa shape index (κ1) is 13.8. The van der Waals surface area contributed by atoms with Crippen molar-refractivity contribution in [3.63, 3.8) is 0 Å². The summed E-state index contributed by atoms with van der Waals surface area (Å²) < 4.78 is 5.47. The van der Waals surface area contributed by atoms with Crippen LogP contribution in [-0.2, 0) is 4.79 Å². The maximum Gasteiger partial charge on any atom is 0.233 e. The number of nitrogens with zero attached hydrogens (tertiary/aromatic N) is 1. The Morgan fingerprint density at radius 1 is 1.41 bits per heavy atom. The fourth-order valence-corrected chi connectivity index (χ4v) is 4.45. The molecule has 1 unspecified atom stereocenters. The molecule has 2 aromatic heterocycles. The van der Waals surface area contributed by atoms with Crippen molar-refractivity contribution in [2.45, 2.75) is 39.5 Å². The molecule has 0 amide bonds. The minimum Gasteiger partial charge on any atom is -0.338 e. The smallest absolute Gasteiger partial charge is 0.233 e. The van der Waals surface area contributed by atoms with Crippen molar-refractivity contribution in [2.75, 3.05) is 5.32 Å². The fraction of sp³-hybridized carbons (Fsp3) is 0.412. The van der Waals surface area contributed by atoms with Gasteiger partial charge in [-0.3, -0.25) is 4.79 Å². The number of hydrogen-bond donors (Lipinski definition) is 1.